The van der Waals surface area contributed by atoms with Crippen LogP contribution in [0.25, 0.3) is 45.1 Å². The van der Waals surface area contributed by atoms with Gasteiger partial charge in [0.15, 0.2) is 17.2 Å². The van der Waals surface area contributed by atoms with E-state index in [1.165, 1.54) is 12.1 Å². The minimum absolute atomic E-state index is 0.279. The maximum atomic E-state index is 14.2. The van der Waals surface area contributed by atoms with Gasteiger partial charge in [0, 0.05) is 37.9 Å². The van der Waals surface area contributed by atoms with Crippen LogP contribution in [0.4, 0.5) is 4.39 Å². The molecule has 2 aromatic heterocycles. The van der Waals surface area contributed by atoms with Crippen molar-refractivity contribution in [2.24, 2.45) is 7.05 Å². The molecule has 8 nitrogen and oxygen atoms in total. The van der Waals surface area contributed by atoms with Gasteiger partial charge in [-0.05, 0) is 65.9 Å². The fraction of sp³-hybridized carbons (Fsp3) is 0.276. The standard InChI is InChI=1S/C29H28FN5O3/c1-35-17-32-34-28(35)24-14-21(30)8-9-23(24)19-5-3-6-20(13-19)29-33-25-11-18(12-26(36-2)27(25)38-29)15-31-16-22-7-4-10-37-22/h3,5-6,8-9,11-14,17,22,31H,4,7,10,15-16H2,1-2H3/t22-/m1/s1. The number of nitrogens with one attached hydrogen (secondary N) is 1. The van der Waals surface area contributed by atoms with E-state index in [-0.39, 0.29) is 11.9 Å². The molecule has 1 fully saturated rings. The monoisotopic (exact) mass is 513 g/mol. The van der Waals surface area contributed by atoms with Crippen molar-refractivity contribution in [2.45, 2.75) is 25.5 Å². The molecule has 9 heteroatoms. The Hall–Kier alpha value is -4.08. The first-order valence-electron chi connectivity index (χ1n) is 12.6. The lowest BCUT2D eigenvalue weighted by molar-refractivity contribution is 0.110. The minimum Gasteiger partial charge on any atom is -0.493 e. The second-order valence-corrected chi connectivity index (χ2v) is 9.47. The molecule has 0 spiro atoms. The van der Waals surface area contributed by atoms with Crippen LogP contribution < -0.4 is 10.1 Å². The number of benzene rings is 3. The number of nitrogens with zero attached hydrogens (tertiary/aromatic N) is 4. The van der Waals surface area contributed by atoms with Crippen molar-refractivity contribution in [1.29, 1.82) is 0 Å². The first-order valence-corrected chi connectivity index (χ1v) is 12.6. The largest absolute Gasteiger partial charge is 0.493 e. The van der Waals surface area contributed by atoms with E-state index < -0.39 is 0 Å². The predicted molar refractivity (Wildman–Crippen MR) is 142 cm³/mol. The molecule has 1 aliphatic rings. The lowest BCUT2D eigenvalue weighted by atomic mass is 9.97. The minimum atomic E-state index is -0.338. The maximum absolute atomic E-state index is 14.2. The fourth-order valence-electron chi connectivity index (χ4n) is 4.92. The first kappa shape index (κ1) is 24.3. The van der Waals surface area contributed by atoms with Crippen molar-refractivity contribution in [2.75, 3.05) is 20.3 Å². The molecule has 3 aromatic carbocycles. The van der Waals surface area contributed by atoms with Crippen LogP contribution >= 0.6 is 0 Å². The van der Waals surface area contributed by atoms with Gasteiger partial charge in [0.2, 0.25) is 5.89 Å². The Kier molecular flexibility index (Phi) is 6.61. The molecule has 1 aliphatic heterocycles. The van der Waals surface area contributed by atoms with Gasteiger partial charge in [-0.1, -0.05) is 18.2 Å². The Morgan fingerprint density at radius 1 is 1.11 bits per heavy atom. The van der Waals surface area contributed by atoms with Crippen molar-refractivity contribution in [3.63, 3.8) is 0 Å². The summed E-state index contributed by atoms with van der Waals surface area (Å²) in [5.41, 5.74) is 5.54. The summed E-state index contributed by atoms with van der Waals surface area (Å²) >= 11 is 0. The fourth-order valence-corrected chi connectivity index (χ4v) is 4.92. The SMILES string of the molecule is COc1cc(CNC[C@H]2CCCO2)cc2nc(-c3cccc(-c4ccc(F)cc4-c4nncn4C)c3)oc12. The molecule has 6 rings (SSSR count). The summed E-state index contributed by atoms with van der Waals surface area (Å²) in [5, 5.41) is 11.6. The number of rotatable bonds is 8. The molecule has 1 atom stereocenters. The lowest BCUT2D eigenvalue weighted by Gasteiger charge is -2.11. The van der Waals surface area contributed by atoms with Gasteiger partial charge in [-0.25, -0.2) is 9.37 Å². The Morgan fingerprint density at radius 3 is 2.79 bits per heavy atom. The van der Waals surface area contributed by atoms with Gasteiger partial charge in [0.1, 0.15) is 17.7 Å². The lowest BCUT2D eigenvalue weighted by Crippen LogP contribution is -2.25. The third-order valence-corrected chi connectivity index (χ3v) is 6.82. The van der Waals surface area contributed by atoms with Gasteiger partial charge < -0.3 is 23.8 Å². The van der Waals surface area contributed by atoms with E-state index in [4.69, 9.17) is 18.9 Å². The molecule has 0 amide bonds. The van der Waals surface area contributed by atoms with Crippen molar-refractivity contribution < 1.29 is 18.3 Å². The molecule has 3 heterocycles. The zero-order valence-electron chi connectivity index (χ0n) is 21.3. The molecule has 0 aliphatic carbocycles. The van der Waals surface area contributed by atoms with Crippen molar-refractivity contribution in [3.8, 4) is 39.7 Å². The molecule has 0 saturated carbocycles. The topological polar surface area (TPSA) is 87.2 Å². The number of hydrogen-bond donors (Lipinski definition) is 1. The molecule has 0 unspecified atom stereocenters. The second kappa shape index (κ2) is 10.4. The number of methoxy groups -OCH3 is 1. The zero-order chi connectivity index (χ0) is 26.1. The van der Waals surface area contributed by atoms with Gasteiger partial charge >= 0.3 is 0 Å². The summed E-state index contributed by atoms with van der Waals surface area (Å²) in [4.78, 5) is 4.79. The van der Waals surface area contributed by atoms with Crippen LogP contribution in [-0.2, 0) is 18.3 Å². The summed E-state index contributed by atoms with van der Waals surface area (Å²) in [6.45, 7) is 2.34. The van der Waals surface area contributed by atoms with Crippen molar-refractivity contribution in [3.05, 3.63) is 72.3 Å². The Bertz CT molecular complexity index is 1590. The number of aryl methyl sites for hydroxylation is 1. The van der Waals surface area contributed by atoms with Gasteiger partial charge in [-0.2, -0.15) is 0 Å². The summed E-state index contributed by atoms with van der Waals surface area (Å²) < 4.78 is 33.5. The molecule has 5 aromatic rings. The van der Waals surface area contributed by atoms with Crippen LogP contribution in [0.1, 0.15) is 18.4 Å². The number of halogens is 1. The number of fused-ring (bicyclic) bond motifs is 1. The van der Waals surface area contributed by atoms with E-state index in [0.29, 0.717) is 35.2 Å². The summed E-state index contributed by atoms with van der Waals surface area (Å²) in [6, 6.07) is 16.5. The smallest absolute Gasteiger partial charge is 0.227 e. The van der Waals surface area contributed by atoms with Crippen LogP contribution in [0.2, 0.25) is 0 Å². The van der Waals surface area contributed by atoms with E-state index in [0.717, 1.165) is 53.8 Å². The molecular weight excluding hydrogens is 485 g/mol. The highest BCUT2D eigenvalue weighted by Crippen LogP contribution is 2.36. The van der Waals surface area contributed by atoms with Gasteiger partial charge in [0.05, 0.1) is 13.2 Å². The molecule has 194 valence electrons. The van der Waals surface area contributed by atoms with Crippen LogP contribution in [-0.4, -0.2) is 46.1 Å². The van der Waals surface area contributed by atoms with Gasteiger partial charge in [-0.3, -0.25) is 0 Å². The quantitative estimate of drug-likeness (QED) is 0.298. The first-order chi connectivity index (χ1) is 18.6. The third kappa shape index (κ3) is 4.78. The molecule has 0 bridgehead atoms. The third-order valence-electron chi connectivity index (χ3n) is 6.82. The van der Waals surface area contributed by atoms with Gasteiger partial charge in [-0.15, -0.1) is 10.2 Å². The predicted octanol–water partition coefficient (Wildman–Crippen LogP) is 5.37. The van der Waals surface area contributed by atoms with Crippen molar-refractivity contribution in [1.82, 2.24) is 25.1 Å². The number of oxazole rings is 1. The number of hydrogen-bond acceptors (Lipinski definition) is 7. The highest BCUT2D eigenvalue weighted by Gasteiger charge is 2.18. The zero-order valence-corrected chi connectivity index (χ0v) is 21.3. The number of ether oxygens (including phenoxy) is 2. The Labute approximate surface area is 219 Å². The Balaban J connectivity index is 1.32. The van der Waals surface area contributed by atoms with E-state index in [2.05, 4.69) is 15.5 Å². The molecule has 38 heavy (non-hydrogen) atoms. The maximum Gasteiger partial charge on any atom is 0.227 e. The van der Waals surface area contributed by atoms with E-state index in [1.54, 1.807) is 24.1 Å². The van der Waals surface area contributed by atoms with Crippen LogP contribution in [0.15, 0.2) is 65.3 Å². The van der Waals surface area contributed by atoms with Crippen molar-refractivity contribution >= 4 is 11.1 Å². The summed E-state index contributed by atoms with van der Waals surface area (Å²) in [6.07, 6.45) is 4.09. The average molecular weight is 514 g/mol. The normalized spacial score (nSPS) is 15.4. The molecule has 0 radical (unpaired) electrons. The van der Waals surface area contributed by atoms with E-state index >= 15 is 0 Å². The molecule has 1 N–H and O–H groups in total. The summed E-state index contributed by atoms with van der Waals surface area (Å²) in [5.74, 6) is 1.36. The summed E-state index contributed by atoms with van der Waals surface area (Å²) in [7, 11) is 3.46. The highest BCUT2D eigenvalue weighted by molar-refractivity contribution is 5.85. The average Bonchev–Trinajstić information content (AvgIpc) is 3.69. The highest BCUT2D eigenvalue weighted by atomic mass is 19.1. The number of aromatic nitrogens is 4. The van der Waals surface area contributed by atoms with E-state index in [9.17, 15) is 4.39 Å². The van der Waals surface area contributed by atoms with E-state index in [1.807, 2.05) is 43.4 Å². The Morgan fingerprint density at radius 2 is 2.00 bits per heavy atom. The van der Waals surface area contributed by atoms with Crippen LogP contribution in [0.5, 0.6) is 5.75 Å². The van der Waals surface area contributed by atoms with Crippen LogP contribution in [0.3, 0.4) is 0 Å². The molecular formula is C29H28FN5O3. The van der Waals surface area contributed by atoms with Gasteiger partial charge in [0.25, 0.3) is 0 Å². The second-order valence-electron chi connectivity index (χ2n) is 9.47. The molecule has 1 saturated heterocycles. The van der Waals surface area contributed by atoms with Crippen LogP contribution in [0, 0.1) is 5.82 Å².